The van der Waals surface area contributed by atoms with E-state index in [9.17, 15) is 5.11 Å². The summed E-state index contributed by atoms with van der Waals surface area (Å²) in [5.74, 6) is 0. The van der Waals surface area contributed by atoms with Crippen LogP contribution in [-0.2, 0) is 4.74 Å². The molecule has 17 heavy (non-hydrogen) atoms. The van der Waals surface area contributed by atoms with E-state index in [1.54, 1.807) is 18.2 Å². The van der Waals surface area contributed by atoms with Crippen molar-refractivity contribution < 1.29 is 9.84 Å². The summed E-state index contributed by atoms with van der Waals surface area (Å²) in [6, 6.07) is 5.24. The molecule has 0 fully saturated rings. The lowest BCUT2D eigenvalue weighted by Crippen LogP contribution is -2.35. The second-order valence-corrected chi connectivity index (χ2v) is 4.93. The van der Waals surface area contributed by atoms with E-state index in [-0.39, 0.29) is 0 Å². The maximum absolute atomic E-state index is 10.4. The molecule has 0 amide bonds. The number of ether oxygens (including phenoxy) is 1. The van der Waals surface area contributed by atoms with Gasteiger partial charge in [0, 0.05) is 12.2 Å². The highest BCUT2D eigenvalue weighted by molar-refractivity contribution is 6.42. The van der Waals surface area contributed by atoms with Gasteiger partial charge in [-0.25, -0.2) is 0 Å². The monoisotopic (exact) mass is 276 g/mol. The zero-order valence-electron chi connectivity index (χ0n) is 10.3. The molecule has 0 spiro atoms. The topological polar surface area (TPSA) is 29.5 Å². The molecule has 0 heterocycles. The number of hydrogen-bond acceptors (Lipinski definition) is 2. The summed E-state index contributed by atoms with van der Waals surface area (Å²) in [6.45, 7) is 6.29. The molecule has 1 aromatic rings. The fourth-order valence-electron chi connectivity index (χ4n) is 1.76. The molecule has 1 N–H and O–H groups in total. The summed E-state index contributed by atoms with van der Waals surface area (Å²) in [4.78, 5) is 0. The van der Waals surface area contributed by atoms with E-state index in [2.05, 4.69) is 0 Å². The quantitative estimate of drug-likeness (QED) is 0.872. The molecule has 0 saturated carbocycles. The summed E-state index contributed by atoms with van der Waals surface area (Å²) in [6.07, 6.45) is -0.108. The van der Waals surface area contributed by atoms with Crippen molar-refractivity contribution in [3.8, 4) is 0 Å². The normalized spacial score (nSPS) is 16.6. The molecule has 0 saturated heterocycles. The molecule has 0 radical (unpaired) electrons. The van der Waals surface area contributed by atoms with Gasteiger partial charge in [-0.2, -0.15) is 0 Å². The van der Waals surface area contributed by atoms with Gasteiger partial charge in [0.1, 0.15) is 6.10 Å². The van der Waals surface area contributed by atoms with Crippen LogP contribution in [0.3, 0.4) is 0 Å². The molecule has 96 valence electrons. The van der Waals surface area contributed by atoms with Crippen molar-refractivity contribution in [3.63, 3.8) is 0 Å². The van der Waals surface area contributed by atoms with Gasteiger partial charge in [0.05, 0.1) is 15.6 Å². The van der Waals surface area contributed by atoms with Crippen LogP contribution in [0.5, 0.6) is 0 Å². The molecule has 2 unspecified atom stereocenters. The van der Waals surface area contributed by atoms with Crippen LogP contribution in [0.2, 0.25) is 10.0 Å². The molecule has 2 nitrogen and oxygen atoms in total. The lowest BCUT2D eigenvalue weighted by atomic mass is 9.90. The molecule has 0 aliphatic heterocycles. The first-order valence-corrected chi connectivity index (χ1v) is 6.47. The van der Waals surface area contributed by atoms with Crippen molar-refractivity contribution in [3.05, 3.63) is 33.8 Å². The van der Waals surface area contributed by atoms with Crippen LogP contribution in [0.4, 0.5) is 0 Å². The van der Waals surface area contributed by atoms with Gasteiger partial charge in [-0.1, -0.05) is 42.3 Å². The van der Waals surface area contributed by atoms with Crippen LogP contribution in [-0.4, -0.2) is 17.3 Å². The Bertz CT molecular complexity index is 382. The third-order valence-corrected chi connectivity index (χ3v) is 3.86. The van der Waals surface area contributed by atoms with Gasteiger partial charge >= 0.3 is 0 Å². The molecule has 4 heteroatoms. The fraction of sp³-hybridized carbons (Fsp3) is 0.538. The Labute approximate surface area is 113 Å². The zero-order valence-corrected chi connectivity index (χ0v) is 11.8. The highest BCUT2D eigenvalue weighted by atomic mass is 35.5. The smallest absolute Gasteiger partial charge is 0.109 e. The van der Waals surface area contributed by atoms with Gasteiger partial charge in [0.2, 0.25) is 0 Å². The molecule has 1 rings (SSSR count). The standard InChI is InChI=1S/C13H18Cl2O2/c1-4-13(3,17-5-2)12(16)9-7-6-8-10(14)11(9)15/h6-8,12,16H,4-5H2,1-3H3. The summed E-state index contributed by atoms with van der Waals surface area (Å²) in [5.41, 5.74) is -0.0414. The molecule has 2 atom stereocenters. The summed E-state index contributed by atoms with van der Waals surface area (Å²) < 4.78 is 5.64. The predicted molar refractivity (Wildman–Crippen MR) is 71.7 cm³/mol. The maximum Gasteiger partial charge on any atom is 0.109 e. The molecular formula is C13H18Cl2O2. The van der Waals surface area contributed by atoms with Crippen LogP contribution < -0.4 is 0 Å². The average Bonchev–Trinajstić information content (AvgIpc) is 2.32. The van der Waals surface area contributed by atoms with E-state index in [0.717, 1.165) is 0 Å². The Kier molecular flexibility index (Phi) is 5.26. The minimum Gasteiger partial charge on any atom is -0.385 e. The molecular weight excluding hydrogens is 259 g/mol. The van der Waals surface area contributed by atoms with E-state index in [0.29, 0.717) is 28.6 Å². The van der Waals surface area contributed by atoms with Crippen molar-refractivity contribution in [1.82, 2.24) is 0 Å². The van der Waals surface area contributed by atoms with Gasteiger partial charge in [-0.15, -0.1) is 0 Å². The Balaban J connectivity index is 3.10. The van der Waals surface area contributed by atoms with Crippen molar-refractivity contribution >= 4 is 23.2 Å². The summed E-state index contributed by atoms with van der Waals surface area (Å²) in [5, 5.41) is 11.2. The summed E-state index contributed by atoms with van der Waals surface area (Å²) >= 11 is 12.0. The highest BCUT2D eigenvalue weighted by Crippen LogP contribution is 2.38. The van der Waals surface area contributed by atoms with Crippen LogP contribution in [0.25, 0.3) is 0 Å². The van der Waals surface area contributed by atoms with E-state index in [1.807, 2.05) is 20.8 Å². The minimum absolute atomic E-state index is 0.390. The van der Waals surface area contributed by atoms with Crippen molar-refractivity contribution in [2.45, 2.75) is 38.9 Å². The second kappa shape index (κ2) is 6.05. The van der Waals surface area contributed by atoms with E-state index < -0.39 is 11.7 Å². The SMILES string of the molecule is CCOC(C)(CC)C(O)c1cccc(Cl)c1Cl. The van der Waals surface area contributed by atoms with Crippen LogP contribution in [0.15, 0.2) is 18.2 Å². The Hall–Kier alpha value is -0.280. The van der Waals surface area contributed by atoms with Crippen LogP contribution >= 0.6 is 23.2 Å². The molecule has 0 aliphatic carbocycles. The molecule has 1 aromatic carbocycles. The van der Waals surface area contributed by atoms with Gasteiger partial charge in [0.25, 0.3) is 0 Å². The second-order valence-electron chi connectivity index (χ2n) is 4.14. The number of aliphatic hydroxyl groups excluding tert-OH is 1. The lowest BCUT2D eigenvalue weighted by Gasteiger charge is -2.34. The average molecular weight is 277 g/mol. The van der Waals surface area contributed by atoms with Gasteiger partial charge in [-0.05, 0) is 26.3 Å². The molecule has 0 bridgehead atoms. The van der Waals surface area contributed by atoms with Crippen LogP contribution in [0, 0.1) is 0 Å². The Morgan fingerprint density at radius 2 is 2.00 bits per heavy atom. The minimum atomic E-state index is -0.793. The number of rotatable bonds is 5. The number of hydrogen-bond donors (Lipinski definition) is 1. The van der Waals surface area contributed by atoms with E-state index in [1.165, 1.54) is 0 Å². The predicted octanol–water partition coefficient (Wildman–Crippen LogP) is 4.23. The largest absolute Gasteiger partial charge is 0.385 e. The first-order chi connectivity index (χ1) is 7.96. The van der Waals surface area contributed by atoms with Crippen molar-refractivity contribution in [2.24, 2.45) is 0 Å². The number of aliphatic hydroxyl groups is 1. The van der Waals surface area contributed by atoms with Crippen molar-refractivity contribution in [2.75, 3.05) is 6.61 Å². The first-order valence-electron chi connectivity index (χ1n) is 5.72. The summed E-state index contributed by atoms with van der Waals surface area (Å²) in [7, 11) is 0. The van der Waals surface area contributed by atoms with Crippen LogP contribution in [0.1, 0.15) is 38.9 Å². The third kappa shape index (κ3) is 3.14. The first kappa shape index (κ1) is 14.8. The number of benzene rings is 1. The highest BCUT2D eigenvalue weighted by Gasteiger charge is 2.34. The van der Waals surface area contributed by atoms with Crippen molar-refractivity contribution in [1.29, 1.82) is 0 Å². The zero-order chi connectivity index (χ0) is 13.1. The van der Waals surface area contributed by atoms with Gasteiger partial charge in [0.15, 0.2) is 0 Å². The molecule has 0 aromatic heterocycles. The van der Waals surface area contributed by atoms with Gasteiger partial charge < -0.3 is 9.84 Å². The van der Waals surface area contributed by atoms with E-state index in [4.69, 9.17) is 27.9 Å². The number of halogens is 2. The Morgan fingerprint density at radius 1 is 1.35 bits per heavy atom. The lowest BCUT2D eigenvalue weighted by molar-refractivity contribution is -0.113. The fourth-order valence-corrected chi connectivity index (χ4v) is 2.18. The van der Waals surface area contributed by atoms with Gasteiger partial charge in [-0.3, -0.25) is 0 Å². The molecule has 0 aliphatic rings. The third-order valence-electron chi connectivity index (χ3n) is 3.03. The maximum atomic E-state index is 10.4. The van der Waals surface area contributed by atoms with E-state index >= 15 is 0 Å². The Morgan fingerprint density at radius 3 is 2.53 bits per heavy atom.